The van der Waals surface area contributed by atoms with E-state index in [0.29, 0.717) is 16.7 Å². The molecule has 1 heterocycles. The summed E-state index contributed by atoms with van der Waals surface area (Å²) in [6.45, 7) is 12.2. The van der Waals surface area contributed by atoms with Crippen molar-refractivity contribution in [1.29, 1.82) is 0 Å². The van der Waals surface area contributed by atoms with E-state index in [1.54, 1.807) is 6.07 Å². The lowest BCUT2D eigenvalue weighted by Gasteiger charge is -2.12. The predicted molar refractivity (Wildman–Crippen MR) is 77.5 cm³/mol. The van der Waals surface area contributed by atoms with Crippen molar-refractivity contribution in [2.75, 3.05) is 13.7 Å². The molecule has 0 aliphatic heterocycles. The van der Waals surface area contributed by atoms with Crippen LogP contribution in [0.1, 0.15) is 57.0 Å². The molecule has 1 saturated carbocycles. The highest BCUT2D eigenvalue weighted by Gasteiger charge is 2.63. The van der Waals surface area contributed by atoms with Crippen molar-refractivity contribution in [3.8, 4) is 0 Å². The maximum atomic E-state index is 11.4. The molecule has 20 heavy (non-hydrogen) atoms. The zero-order valence-electron chi connectivity index (χ0n) is 13.2. The molecule has 2 rings (SSSR count). The van der Waals surface area contributed by atoms with Crippen molar-refractivity contribution in [3.63, 3.8) is 0 Å². The van der Waals surface area contributed by atoms with Crippen LogP contribution < -0.4 is 5.32 Å². The van der Waals surface area contributed by atoms with Gasteiger partial charge in [-0.25, -0.2) is 4.79 Å². The summed E-state index contributed by atoms with van der Waals surface area (Å²) in [5, 5.41) is 3.50. The van der Waals surface area contributed by atoms with Gasteiger partial charge in [0.05, 0.1) is 13.2 Å². The second-order valence-corrected chi connectivity index (χ2v) is 6.82. The average molecular weight is 279 g/mol. The molecule has 1 aromatic rings. The first-order valence-corrected chi connectivity index (χ1v) is 7.13. The molecule has 0 amide bonds. The number of hydrogen-bond acceptors (Lipinski definition) is 4. The lowest BCUT2D eigenvalue weighted by atomic mass is 10.0. The van der Waals surface area contributed by atoms with Crippen LogP contribution in [-0.4, -0.2) is 19.6 Å². The zero-order chi connectivity index (χ0) is 15.1. The Kier molecular flexibility index (Phi) is 3.71. The second-order valence-electron chi connectivity index (χ2n) is 6.82. The van der Waals surface area contributed by atoms with E-state index in [1.807, 2.05) is 13.0 Å². The molecule has 0 spiro atoms. The lowest BCUT2D eigenvalue weighted by molar-refractivity contribution is 0.0562. The van der Waals surface area contributed by atoms with Crippen LogP contribution in [0.5, 0.6) is 0 Å². The molecule has 112 valence electrons. The number of rotatable bonds is 5. The fourth-order valence-electron chi connectivity index (χ4n) is 3.03. The summed E-state index contributed by atoms with van der Waals surface area (Å²) < 4.78 is 10.2. The Morgan fingerprint density at radius 3 is 2.45 bits per heavy atom. The van der Waals surface area contributed by atoms with Crippen molar-refractivity contribution >= 4 is 5.97 Å². The van der Waals surface area contributed by atoms with E-state index in [2.05, 4.69) is 37.7 Å². The third kappa shape index (κ3) is 2.37. The molecule has 1 atom stereocenters. The molecule has 1 fully saturated rings. The van der Waals surface area contributed by atoms with E-state index in [-0.39, 0.29) is 11.8 Å². The van der Waals surface area contributed by atoms with Crippen molar-refractivity contribution in [1.82, 2.24) is 5.32 Å². The predicted octanol–water partition coefficient (Wildman–Crippen LogP) is 3.40. The minimum atomic E-state index is -0.437. The zero-order valence-corrected chi connectivity index (χ0v) is 13.2. The Labute approximate surface area is 120 Å². The molecule has 1 aromatic heterocycles. The van der Waals surface area contributed by atoms with Gasteiger partial charge in [-0.2, -0.15) is 0 Å². The molecular formula is C16H25NO3. The SMILES string of the molecule is COC(=O)c1ccc(C(C)NCC2C(C)(C)C2(C)C)o1. The van der Waals surface area contributed by atoms with Crippen molar-refractivity contribution in [2.45, 2.75) is 40.7 Å². The van der Waals surface area contributed by atoms with E-state index in [1.165, 1.54) is 7.11 Å². The van der Waals surface area contributed by atoms with Crippen LogP contribution in [0.2, 0.25) is 0 Å². The quantitative estimate of drug-likeness (QED) is 0.839. The third-order valence-electron chi connectivity index (χ3n) is 5.39. The largest absolute Gasteiger partial charge is 0.463 e. The maximum Gasteiger partial charge on any atom is 0.373 e. The van der Waals surface area contributed by atoms with Crippen LogP contribution in [0.4, 0.5) is 0 Å². The number of nitrogens with one attached hydrogen (secondary N) is 1. The second kappa shape index (κ2) is 4.92. The summed E-state index contributed by atoms with van der Waals surface area (Å²) in [6.07, 6.45) is 0. The van der Waals surface area contributed by atoms with Gasteiger partial charge in [0.1, 0.15) is 5.76 Å². The van der Waals surface area contributed by atoms with Gasteiger partial charge in [0, 0.05) is 0 Å². The van der Waals surface area contributed by atoms with E-state index < -0.39 is 5.97 Å². The number of carbonyl (C=O) groups is 1. The van der Waals surface area contributed by atoms with Crippen LogP contribution in [0.15, 0.2) is 16.5 Å². The monoisotopic (exact) mass is 279 g/mol. The summed E-state index contributed by atoms with van der Waals surface area (Å²) in [7, 11) is 1.35. The topological polar surface area (TPSA) is 51.5 Å². The Hall–Kier alpha value is -1.29. The van der Waals surface area contributed by atoms with Gasteiger partial charge in [-0.1, -0.05) is 27.7 Å². The number of carbonyl (C=O) groups excluding carboxylic acids is 1. The highest BCUT2D eigenvalue weighted by molar-refractivity contribution is 5.86. The van der Waals surface area contributed by atoms with Crippen molar-refractivity contribution in [2.24, 2.45) is 16.7 Å². The first kappa shape index (κ1) is 15.1. The number of esters is 1. The van der Waals surface area contributed by atoms with Crippen LogP contribution in [0.3, 0.4) is 0 Å². The molecule has 1 unspecified atom stereocenters. The van der Waals surface area contributed by atoms with Gasteiger partial charge in [-0.3, -0.25) is 0 Å². The molecule has 4 heteroatoms. The van der Waals surface area contributed by atoms with Crippen LogP contribution in [0, 0.1) is 16.7 Å². The molecule has 4 nitrogen and oxygen atoms in total. The Balaban J connectivity index is 1.92. The first-order valence-electron chi connectivity index (χ1n) is 7.13. The first-order chi connectivity index (χ1) is 9.21. The van der Waals surface area contributed by atoms with Crippen molar-refractivity contribution < 1.29 is 13.9 Å². The number of methoxy groups -OCH3 is 1. The summed E-state index contributed by atoms with van der Waals surface area (Å²) in [6, 6.07) is 3.57. The van der Waals surface area contributed by atoms with Gasteiger partial charge in [0.25, 0.3) is 0 Å². The fourth-order valence-corrected chi connectivity index (χ4v) is 3.03. The van der Waals surface area contributed by atoms with Gasteiger partial charge in [-0.05, 0) is 42.3 Å². The lowest BCUT2D eigenvalue weighted by Crippen LogP contribution is -2.22. The fraction of sp³-hybridized carbons (Fsp3) is 0.688. The number of hydrogen-bond donors (Lipinski definition) is 1. The van der Waals surface area contributed by atoms with E-state index in [0.717, 1.165) is 12.3 Å². The summed E-state index contributed by atoms with van der Waals surface area (Å²) in [4.78, 5) is 11.4. The van der Waals surface area contributed by atoms with E-state index in [9.17, 15) is 4.79 Å². The third-order valence-corrected chi connectivity index (χ3v) is 5.39. The van der Waals surface area contributed by atoms with Crippen LogP contribution in [-0.2, 0) is 4.74 Å². The van der Waals surface area contributed by atoms with Gasteiger partial charge in [0.15, 0.2) is 0 Å². The summed E-state index contributed by atoms with van der Waals surface area (Å²) >= 11 is 0. The molecule has 0 saturated heterocycles. The molecule has 0 radical (unpaired) electrons. The minimum absolute atomic E-state index is 0.0839. The van der Waals surface area contributed by atoms with Gasteiger partial charge < -0.3 is 14.5 Å². The number of ether oxygens (including phenoxy) is 1. The Morgan fingerprint density at radius 2 is 1.95 bits per heavy atom. The summed E-state index contributed by atoms with van der Waals surface area (Å²) in [5.74, 6) is 1.24. The van der Waals surface area contributed by atoms with Gasteiger partial charge in [0.2, 0.25) is 5.76 Å². The smallest absolute Gasteiger partial charge is 0.373 e. The molecule has 1 aliphatic carbocycles. The number of furan rings is 1. The van der Waals surface area contributed by atoms with E-state index >= 15 is 0 Å². The average Bonchev–Trinajstić information content (AvgIpc) is 2.79. The molecule has 0 aromatic carbocycles. The highest BCUT2D eigenvalue weighted by Crippen LogP contribution is 2.68. The standard InChI is InChI=1S/C16H25NO3/c1-10(11-7-8-12(20-11)14(18)19-6)17-9-13-15(2,3)16(13,4)5/h7-8,10,13,17H,9H2,1-6H3. The van der Waals surface area contributed by atoms with E-state index in [4.69, 9.17) is 4.42 Å². The Bertz CT molecular complexity index is 488. The Morgan fingerprint density at radius 1 is 1.35 bits per heavy atom. The van der Waals surface area contributed by atoms with Gasteiger partial charge in [-0.15, -0.1) is 0 Å². The maximum absolute atomic E-state index is 11.4. The molecule has 1 aliphatic rings. The van der Waals surface area contributed by atoms with Crippen molar-refractivity contribution in [3.05, 3.63) is 23.7 Å². The van der Waals surface area contributed by atoms with Crippen LogP contribution >= 0.6 is 0 Å². The van der Waals surface area contributed by atoms with Crippen LogP contribution in [0.25, 0.3) is 0 Å². The summed E-state index contributed by atoms with van der Waals surface area (Å²) in [5.41, 5.74) is 0.750. The minimum Gasteiger partial charge on any atom is -0.463 e. The molecule has 0 bridgehead atoms. The molecular weight excluding hydrogens is 254 g/mol. The molecule has 1 N–H and O–H groups in total. The normalized spacial score (nSPS) is 21.5. The highest BCUT2D eigenvalue weighted by atomic mass is 16.5. The van der Waals surface area contributed by atoms with Gasteiger partial charge >= 0.3 is 5.97 Å².